The summed E-state index contributed by atoms with van der Waals surface area (Å²) in [5.41, 5.74) is 6.41. The Morgan fingerprint density at radius 3 is 2.60 bits per heavy atom. The maximum Gasteiger partial charge on any atom is 0.0513 e. The number of nitrogens with zero attached hydrogens (tertiary/aromatic N) is 1. The third-order valence-corrected chi connectivity index (χ3v) is 1.04. The normalized spacial score (nSPS) is 9.50. The van der Waals surface area contributed by atoms with Gasteiger partial charge in [0, 0.05) is 25.3 Å². The molecule has 0 heterocycles. The molecule has 0 atom stereocenters. The number of nitrogens with two attached hydrogens (primary N) is 1. The Morgan fingerprint density at radius 2 is 2.10 bits per heavy atom. The molecule has 0 rings (SSSR count). The van der Waals surface area contributed by atoms with Crippen LogP contribution in [0.4, 0.5) is 0 Å². The van der Waals surface area contributed by atoms with Crippen molar-refractivity contribution in [3.8, 4) is 0 Å². The fraction of sp³-hybridized carbons (Fsp3) is 0.857. The van der Waals surface area contributed by atoms with Gasteiger partial charge in [0.2, 0.25) is 0 Å². The van der Waals surface area contributed by atoms with Gasteiger partial charge in [-0.25, -0.2) is 0 Å². The van der Waals surface area contributed by atoms with Crippen LogP contribution < -0.4 is 11.1 Å². The Kier molecular flexibility index (Phi) is 6.43. The molecule has 3 N–H and O–H groups in total. The van der Waals surface area contributed by atoms with Gasteiger partial charge in [-0.1, -0.05) is 0 Å². The quantitative estimate of drug-likeness (QED) is 0.421. The highest BCUT2D eigenvalue weighted by Crippen LogP contribution is 1.73. The molecule has 0 aliphatic rings. The zero-order valence-corrected chi connectivity index (χ0v) is 6.85. The van der Waals surface area contributed by atoms with Gasteiger partial charge in [0.25, 0.3) is 0 Å². The SMILES string of the molecule is CC(C)=NCCNCCN. The molecule has 0 bridgehead atoms. The fourth-order valence-electron chi connectivity index (χ4n) is 0.586. The van der Waals surface area contributed by atoms with Gasteiger partial charge < -0.3 is 11.1 Å². The fourth-order valence-corrected chi connectivity index (χ4v) is 0.586. The predicted molar refractivity (Wildman–Crippen MR) is 45.6 cm³/mol. The Bertz CT molecular complexity index is 95.0. The lowest BCUT2D eigenvalue weighted by molar-refractivity contribution is 0.696. The monoisotopic (exact) mass is 143 g/mol. The largest absolute Gasteiger partial charge is 0.329 e. The second-order valence-electron chi connectivity index (χ2n) is 2.37. The van der Waals surface area contributed by atoms with E-state index in [0.717, 1.165) is 25.3 Å². The van der Waals surface area contributed by atoms with Crippen LogP contribution in [0.25, 0.3) is 0 Å². The third-order valence-electron chi connectivity index (χ3n) is 1.04. The lowest BCUT2D eigenvalue weighted by Gasteiger charge is -1.98. The van der Waals surface area contributed by atoms with Crippen molar-refractivity contribution in [1.82, 2.24) is 5.32 Å². The van der Waals surface area contributed by atoms with E-state index in [9.17, 15) is 0 Å². The molecule has 0 unspecified atom stereocenters. The molecular formula is C7H17N3. The van der Waals surface area contributed by atoms with Gasteiger partial charge in [0.1, 0.15) is 0 Å². The summed E-state index contributed by atoms with van der Waals surface area (Å²) in [5.74, 6) is 0. The van der Waals surface area contributed by atoms with Crippen molar-refractivity contribution in [1.29, 1.82) is 0 Å². The van der Waals surface area contributed by atoms with Gasteiger partial charge in [-0.05, 0) is 13.8 Å². The molecule has 0 aliphatic carbocycles. The molecule has 0 saturated carbocycles. The van der Waals surface area contributed by atoms with Crippen molar-refractivity contribution in [2.45, 2.75) is 13.8 Å². The maximum atomic E-state index is 5.27. The van der Waals surface area contributed by atoms with Crippen molar-refractivity contribution >= 4 is 5.71 Å². The molecule has 60 valence electrons. The number of hydrogen-bond donors (Lipinski definition) is 2. The summed E-state index contributed by atoms with van der Waals surface area (Å²) >= 11 is 0. The molecule has 0 radical (unpaired) electrons. The van der Waals surface area contributed by atoms with Crippen LogP contribution in [0, 0.1) is 0 Å². The van der Waals surface area contributed by atoms with Crippen LogP contribution in [0.3, 0.4) is 0 Å². The van der Waals surface area contributed by atoms with E-state index in [-0.39, 0.29) is 0 Å². The van der Waals surface area contributed by atoms with E-state index in [1.54, 1.807) is 0 Å². The van der Waals surface area contributed by atoms with E-state index < -0.39 is 0 Å². The minimum absolute atomic E-state index is 0.703. The summed E-state index contributed by atoms with van der Waals surface area (Å²) in [6.45, 7) is 7.39. The van der Waals surface area contributed by atoms with E-state index in [2.05, 4.69) is 10.3 Å². The first kappa shape index (κ1) is 9.59. The first-order valence-corrected chi connectivity index (χ1v) is 3.66. The van der Waals surface area contributed by atoms with Crippen molar-refractivity contribution in [2.24, 2.45) is 10.7 Å². The highest BCUT2D eigenvalue weighted by molar-refractivity contribution is 5.79. The van der Waals surface area contributed by atoms with Crippen LogP contribution >= 0.6 is 0 Å². The van der Waals surface area contributed by atoms with Crippen LogP contribution in [0.5, 0.6) is 0 Å². The zero-order valence-electron chi connectivity index (χ0n) is 6.85. The molecule has 0 aromatic rings. The summed E-state index contributed by atoms with van der Waals surface area (Å²) < 4.78 is 0. The smallest absolute Gasteiger partial charge is 0.0513 e. The first-order chi connectivity index (χ1) is 4.77. The minimum Gasteiger partial charge on any atom is -0.329 e. The van der Waals surface area contributed by atoms with E-state index >= 15 is 0 Å². The molecule has 3 nitrogen and oxygen atoms in total. The second-order valence-corrected chi connectivity index (χ2v) is 2.37. The van der Waals surface area contributed by atoms with Gasteiger partial charge in [-0.15, -0.1) is 0 Å². The van der Waals surface area contributed by atoms with Gasteiger partial charge in [0.05, 0.1) is 6.54 Å². The Hall–Kier alpha value is -0.410. The zero-order chi connectivity index (χ0) is 7.82. The maximum absolute atomic E-state index is 5.27. The molecule has 0 aromatic heterocycles. The Balaban J connectivity index is 2.98. The minimum atomic E-state index is 0.703. The van der Waals surface area contributed by atoms with Gasteiger partial charge >= 0.3 is 0 Å². The molecule has 0 fully saturated rings. The first-order valence-electron chi connectivity index (χ1n) is 3.66. The van der Waals surface area contributed by atoms with Gasteiger partial charge in [-0.2, -0.15) is 0 Å². The lowest BCUT2D eigenvalue weighted by atomic mass is 10.5. The van der Waals surface area contributed by atoms with Crippen molar-refractivity contribution < 1.29 is 0 Å². The van der Waals surface area contributed by atoms with Gasteiger partial charge in [0.15, 0.2) is 0 Å². The number of aliphatic imine (C=N–C) groups is 1. The number of rotatable bonds is 5. The molecule has 0 aromatic carbocycles. The average molecular weight is 143 g/mol. The van der Waals surface area contributed by atoms with Crippen LogP contribution in [0.15, 0.2) is 4.99 Å². The standard InChI is InChI=1S/C7H17N3/c1-7(2)10-6-5-9-4-3-8/h9H,3-6,8H2,1-2H3. The third kappa shape index (κ3) is 7.59. The molecule has 0 spiro atoms. The van der Waals surface area contributed by atoms with E-state index in [1.165, 1.54) is 0 Å². The summed E-state index contributed by atoms with van der Waals surface area (Å²) in [6.07, 6.45) is 0. The molecule has 0 aliphatic heterocycles. The lowest BCUT2D eigenvalue weighted by Crippen LogP contribution is -2.24. The van der Waals surface area contributed by atoms with Crippen LogP contribution in [-0.4, -0.2) is 31.9 Å². The van der Waals surface area contributed by atoms with Crippen molar-refractivity contribution in [2.75, 3.05) is 26.2 Å². The van der Waals surface area contributed by atoms with Crippen LogP contribution in [0.1, 0.15) is 13.8 Å². The molecule has 10 heavy (non-hydrogen) atoms. The van der Waals surface area contributed by atoms with E-state index in [4.69, 9.17) is 5.73 Å². The Morgan fingerprint density at radius 1 is 1.40 bits per heavy atom. The molecule has 3 heteroatoms. The summed E-state index contributed by atoms with van der Waals surface area (Å²) in [7, 11) is 0. The summed E-state index contributed by atoms with van der Waals surface area (Å²) in [5, 5.41) is 3.16. The van der Waals surface area contributed by atoms with Gasteiger partial charge in [-0.3, -0.25) is 4.99 Å². The highest BCUT2D eigenvalue weighted by atomic mass is 14.9. The highest BCUT2D eigenvalue weighted by Gasteiger charge is 1.82. The molecule has 0 saturated heterocycles. The average Bonchev–Trinajstić information content (AvgIpc) is 1.87. The molecule has 0 amide bonds. The number of nitrogens with one attached hydrogen (secondary N) is 1. The van der Waals surface area contributed by atoms with Crippen LogP contribution in [-0.2, 0) is 0 Å². The van der Waals surface area contributed by atoms with E-state index in [1.807, 2.05) is 13.8 Å². The summed E-state index contributed by atoms with van der Waals surface area (Å²) in [4.78, 5) is 4.21. The van der Waals surface area contributed by atoms with Crippen molar-refractivity contribution in [3.05, 3.63) is 0 Å². The van der Waals surface area contributed by atoms with E-state index in [0.29, 0.717) is 6.54 Å². The van der Waals surface area contributed by atoms with Crippen LogP contribution in [0.2, 0.25) is 0 Å². The summed E-state index contributed by atoms with van der Waals surface area (Å²) in [6, 6.07) is 0. The second kappa shape index (κ2) is 6.71. The Labute approximate surface area is 62.7 Å². The van der Waals surface area contributed by atoms with Crippen molar-refractivity contribution in [3.63, 3.8) is 0 Å². The topological polar surface area (TPSA) is 50.4 Å². The molecular weight excluding hydrogens is 126 g/mol. The number of hydrogen-bond acceptors (Lipinski definition) is 3. The predicted octanol–water partition coefficient (Wildman–Crippen LogP) is 0.0155.